The molecular weight excluding hydrogens is 198 g/mol. The Bertz CT molecular complexity index is 392. The standard InChI is InChI=1S/C10H13NO4/c1-5(2)4-7(12)9-8(10(13)14)6(3)11-15-9/h5H,4H2,1-3H3,(H,13,14). The summed E-state index contributed by atoms with van der Waals surface area (Å²) in [4.78, 5) is 22.4. The lowest BCUT2D eigenvalue weighted by atomic mass is 10.0. The van der Waals surface area contributed by atoms with Crippen molar-refractivity contribution in [2.24, 2.45) is 5.92 Å². The molecule has 0 spiro atoms. The first-order chi connectivity index (χ1) is 6.93. The Morgan fingerprint density at radius 2 is 2.07 bits per heavy atom. The lowest BCUT2D eigenvalue weighted by Gasteiger charge is -2.00. The van der Waals surface area contributed by atoms with E-state index in [4.69, 9.17) is 9.63 Å². The Labute approximate surface area is 87.1 Å². The minimum absolute atomic E-state index is 0.124. The fraction of sp³-hybridized carbons (Fsp3) is 0.500. The van der Waals surface area contributed by atoms with Crippen LogP contribution in [0.4, 0.5) is 0 Å². The zero-order valence-corrected chi connectivity index (χ0v) is 8.90. The zero-order valence-electron chi connectivity index (χ0n) is 8.90. The van der Waals surface area contributed by atoms with Crippen LogP contribution < -0.4 is 0 Å². The molecule has 1 aromatic rings. The zero-order chi connectivity index (χ0) is 11.6. The summed E-state index contributed by atoms with van der Waals surface area (Å²) in [5.74, 6) is -1.48. The van der Waals surface area contributed by atoms with Crippen LogP contribution in [0.2, 0.25) is 0 Å². The number of ketones is 1. The number of hydrogen-bond donors (Lipinski definition) is 1. The highest BCUT2D eigenvalue weighted by Gasteiger charge is 2.25. The van der Waals surface area contributed by atoms with Gasteiger partial charge in [-0.15, -0.1) is 0 Å². The first kappa shape index (κ1) is 11.4. The maximum atomic E-state index is 11.6. The van der Waals surface area contributed by atoms with Crippen molar-refractivity contribution in [3.8, 4) is 0 Å². The summed E-state index contributed by atoms with van der Waals surface area (Å²) in [6, 6.07) is 0. The summed E-state index contributed by atoms with van der Waals surface area (Å²) in [5.41, 5.74) is 0.107. The van der Waals surface area contributed by atoms with E-state index in [1.165, 1.54) is 6.92 Å². The van der Waals surface area contributed by atoms with Crippen molar-refractivity contribution in [3.63, 3.8) is 0 Å². The minimum Gasteiger partial charge on any atom is -0.477 e. The van der Waals surface area contributed by atoms with Gasteiger partial charge < -0.3 is 9.63 Å². The molecule has 0 saturated carbocycles. The number of Topliss-reactive ketones (excluding diaryl/α,β-unsaturated/α-hetero) is 1. The number of carbonyl (C=O) groups excluding carboxylic acids is 1. The lowest BCUT2D eigenvalue weighted by molar-refractivity contribution is 0.0687. The molecule has 0 bridgehead atoms. The third kappa shape index (κ3) is 2.43. The molecule has 0 aliphatic heterocycles. The third-order valence-corrected chi connectivity index (χ3v) is 1.92. The number of nitrogens with zero attached hydrogens (tertiary/aromatic N) is 1. The van der Waals surface area contributed by atoms with Gasteiger partial charge in [0.25, 0.3) is 0 Å². The molecule has 5 nitrogen and oxygen atoms in total. The number of carbonyl (C=O) groups is 2. The van der Waals surface area contributed by atoms with Gasteiger partial charge in [0.05, 0.1) is 5.69 Å². The number of rotatable bonds is 4. The SMILES string of the molecule is Cc1noc(C(=O)CC(C)C)c1C(=O)O. The van der Waals surface area contributed by atoms with Gasteiger partial charge >= 0.3 is 5.97 Å². The molecule has 0 atom stereocenters. The van der Waals surface area contributed by atoms with Crippen LogP contribution in [0.15, 0.2) is 4.52 Å². The van der Waals surface area contributed by atoms with Crippen LogP contribution >= 0.6 is 0 Å². The van der Waals surface area contributed by atoms with Gasteiger partial charge in [-0.05, 0) is 12.8 Å². The lowest BCUT2D eigenvalue weighted by Crippen LogP contribution is -2.09. The summed E-state index contributed by atoms with van der Waals surface area (Å²) in [6.07, 6.45) is 0.259. The largest absolute Gasteiger partial charge is 0.477 e. The van der Waals surface area contributed by atoms with E-state index in [9.17, 15) is 9.59 Å². The van der Waals surface area contributed by atoms with Crippen molar-refractivity contribution >= 4 is 11.8 Å². The Morgan fingerprint density at radius 1 is 1.47 bits per heavy atom. The number of carboxylic acids is 1. The van der Waals surface area contributed by atoms with Crippen LogP contribution in [0.3, 0.4) is 0 Å². The van der Waals surface area contributed by atoms with Gasteiger partial charge in [0.15, 0.2) is 0 Å². The Balaban J connectivity index is 3.04. The predicted octanol–water partition coefficient (Wildman–Crippen LogP) is 1.91. The van der Waals surface area contributed by atoms with Crippen molar-refractivity contribution < 1.29 is 19.2 Å². The fourth-order valence-corrected chi connectivity index (χ4v) is 1.28. The van der Waals surface area contributed by atoms with Gasteiger partial charge in [-0.1, -0.05) is 19.0 Å². The van der Waals surface area contributed by atoms with E-state index < -0.39 is 5.97 Å². The van der Waals surface area contributed by atoms with Crippen LogP contribution in [0.25, 0.3) is 0 Å². The van der Waals surface area contributed by atoms with Gasteiger partial charge in [0.2, 0.25) is 11.5 Å². The Kier molecular flexibility index (Phi) is 3.24. The molecule has 0 aromatic carbocycles. The molecule has 0 amide bonds. The molecule has 15 heavy (non-hydrogen) atoms. The van der Waals surface area contributed by atoms with Gasteiger partial charge in [-0.25, -0.2) is 4.79 Å². The van der Waals surface area contributed by atoms with E-state index >= 15 is 0 Å². The fourth-order valence-electron chi connectivity index (χ4n) is 1.28. The number of aryl methyl sites for hydroxylation is 1. The van der Waals surface area contributed by atoms with Gasteiger partial charge in [-0.3, -0.25) is 4.79 Å². The second kappa shape index (κ2) is 4.25. The van der Waals surface area contributed by atoms with Crippen LogP contribution in [0.1, 0.15) is 46.9 Å². The molecule has 0 aliphatic rings. The predicted molar refractivity (Wildman–Crippen MR) is 52.0 cm³/mol. The molecule has 0 saturated heterocycles. The average Bonchev–Trinajstić information content (AvgIpc) is 2.45. The third-order valence-electron chi connectivity index (χ3n) is 1.92. The highest BCUT2D eigenvalue weighted by Crippen LogP contribution is 2.17. The van der Waals surface area contributed by atoms with E-state index in [0.717, 1.165) is 0 Å². The van der Waals surface area contributed by atoms with E-state index in [1.807, 2.05) is 13.8 Å². The number of aromatic carboxylic acids is 1. The maximum Gasteiger partial charge on any atom is 0.341 e. The molecule has 1 rings (SSSR count). The van der Waals surface area contributed by atoms with Crippen molar-refractivity contribution in [2.75, 3.05) is 0 Å². The summed E-state index contributed by atoms with van der Waals surface area (Å²) >= 11 is 0. The van der Waals surface area contributed by atoms with Crippen molar-refractivity contribution in [1.29, 1.82) is 0 Å². The van der Waals surface area contributed by atoms with Crippen LogP contribution in [-0.2, 0) is 0 Å². The summed E-state index contributed by atoms with van der Waals surface area (Å²) < 4.78 is 4.74. The molecule has 0 unspecified atom stereocenters. The summed E-state index contributed by atoms with van der Waals surface area (Å²) in [5, 5.41) is 12.4. The van der Waals surface area contributed by atoms with Gasteiger partial charge in [0, 0.05) is 6.42 Å². The highest BCUT2D eigenvalue weighted by atomic mass is 16.5. The molecule has 0 fully saturated rings. The molecule has 82 valence electrons. The molecule has 0 radical (unpaired) electrons. The molecule has 1 N–H and O–H groups in total. The first-order valence-corrected chi connectivity index (χ1v) is 4.66. The van der Waals surface area contributed by atoms with Crippen LogP contribution in [0.5, 0.6) is 0 Å². The molecular formula is C10H13NO4. The highest BCUT2D eigenvalue weighted by molar-refractivity contribution is 6.04. The van der Waals surface area contributed by atoms with Crippen molar-refractivity contribution in [3.05, 3.63) is 17.0 Å². The summed E-state index contributed by atoms with van der Waals surface area (Å²) in [6.45, 7) is 5.25. The number of hydrogen-bond acceptors (Lipinski definition) is 4. The minimum atomic E-state index is -1.18. The molecule has 1 aromatic heterocycles. The van der Waals surface area contributed by atoms with Gasteiger partial charge in [-0.2, -0.15) is 0 Å². The number of carboxylic acid groups (broad SMARTS) is 1. The monoisotopic (exact) mass is 211 g/mol. The van der Waals surface area contributed by atoms with Crippen LogP contribution in [0, 0.1) is 12.8 Å². The second-order valence-corrected chi connectivity index (χ2v) is 3.80. The number of aromatic nitrogens is 1. The Hall–Kier alpha value is -1.65. The Morgan fingerprint density at radius 3 is 2.53 bits per heavy atom. The smallest absolute Gasteiger partial charge is 0.341 e. The first-order valence-electron chi connectivity index (χ1n) is 4.66. The molecule has 0 aliphatic carbocycles. The van der Waals surface area contributed by atoms with E-state index in [1.54, 1.807) is 0 Å². The molecule has 1 heterocycles. The maximum absolute atomic E-state index is 11.6. The quantitative estimate of drug-likeness (QED) is 0.769. The van der Waals surface area contributed by atoms with Gasteiger partial charge in [0.1, 0.15) is 5.56 Å². The van der Waals surface area contributed by atoms with E-state index in [2.05, 4.69) is 5.16 Å². The van der Waals surface area contributed by atoms with Crippen molar-refractivity contribution in [2.45, 2.75) is 27.2 Å². The normalized spacial score (nSPS) is 10.7. The average molecular weight is 211 g/mol. The van der Waals surface area contributed by atoms with Crippen molar-refractivity contribution in [1.82, 2.24) is 5.16 Å². The van der Waals surface area contributed by atoms with E-state index in [0.29, 0.717) is 0 Å². The molecule has 5 heteroatoms. The topological polar surface area (TPSA) is 80.4 Å². The van der Waals surface area contributed by atoms with Crippen LogP contribution in [-0.4, -0.2) is 22.0 Å². The summed E-state index contributed by atoms with van der Waals surface area (Å²) in [7, 11) is 0. The second-order valence-electron chi connectivity index (χ2n) is 3.80. The van der Waals surface area contributed by atoms with E-state index in [-0.39, 0.29) is 35.1 Å².